The number of pyridine rings is 1. The lowest BCUT2D eigenvalue weighted by atomic mass is 10.2. The van der Waals surface area contributed by atoms with Gasteiger partial charge in [-0.2, -0.15) is 0 Å². The van der Waals surface area contributed by atoms with Crippen LogP contribution in [-0.4, -0.2) is 32.2 Å². The summed E-state index contributed by atoms with van der Waals surface area (Å²) in [5, 5.41) is 6.52. The SMILES string of the molecule is CN=C(NCc1ccc(OC)nc1)NCc1cccc(OC)c1. The van der Waals surface area contributed by atoms with E-state index in [0.717, 1.165) is 22.8 Å². The van der Waals surface area contributed by atoms with Gasteiger partial charge in [0.05, 0.1) is 14.2 Å². The molecule has 1 aromatic carbocycles. The van der Waals surface area contributed by atoms with Crippen LogP contribution in [0.15, 0.2) is 47.6 Å². The van der Waals surface area contributed by atoms with Gasteiger partial charge in [0.25, 0.3) is 0 Å². The number of rotatable bonds is 6. The van der Waals surface area contributed by atoms with E-state index in [9.17, 15) is 0 Å². The van der Waals surface area contributed by atoms with E-state index >= 15 is 0 Å². The van der Waals surface area contributed by atoms with Crippen molar-refractivity contribution in [3.05, 3.63) is 53.7 Å². The van der Waals surface area contributed by atoms with Crippen LogP contribution >= 0.6 is 0 Å². The Kier molecular flexibility index (Phi) is 6.23. The second-order valence-electron chi connectivity index (χ2n) is 4.84. The van der Waals surface area contributed by atoms with Crippen molar-refractivity contribution >= 4 is 5.96 Å². The molecule has 0 aliphatic carbocycles. The van der Waals surface area contributed by atoms with Crippen LogP contribution in [0.1, 0.15) is 11.1 Å². The summed E-state index contributed by atoms with van der Waals surface area (Å²) in [6.07, 6.45) is 1.78. The number of aromatic nitrogens is 1. The van der Waals surface area contributed by atoms with Gasteiger partial charge in [0.1, 0.15) is 5.75 Å². The van der Waals surface area contributed by atoms with Crippen LogP contribution in [-0.2, 0) is 13.1 Å². The van der Waals surface area contributed by atoms with Gasteiger partial charge in [-0.25, -0.2) is 4.98 Å². The fourth-order valence-electron chi connectivity index (χ4n) is 2.01. The monoisotopic (exact) mass is 314 g/mol. The zero-order valence-corrected chi connectivity index (χ0v) is 13.7. The zero-order chi connectivity index (χ0) is 16.5. The third-order valence-electron chi connectivity index (χ3n) is 3.28. The smallest absolute Gasteiger partial charge is 0.212 e. The minimum absolute atomic E-state index is 0.606. The lowest BCUT2D eigenvalue weighted by molar-refractivity contribution is 0.397. The molecule has 1 heterocycles. The number of hydrogen-bond acceptors (Lipinski definition) is 4. The highest BCUT2D eigenvalue weighted by Crippen LogP contribution is 2.12. The molecule has 23 heavy (non-hydrogen) atoms. The molecule has 2 N–H and O–H groups in total. The van der Waals surface area contributed by atoms with Crippen molar-refractivity contribution < 1.29 is 9.47 Å². The third-order valence-corrected chi connectivity index (χ3v) is 3.28. The Labute approximate surface area is 136 Å². The summed E-state index contributed by atoms with van der Waals surface area (Å²) in [6, 6.07) is 11.7. The average molecular weight is 314 g/mol. The molecule has 0 radical (unpaired) electrons. The quantitative estimate of drug-likeness (QED) is 0.630. The van der Waals surface area contributed by atoms with Gasteiger partial charge in [-0.3, -0.25) is 4.99 Å². The molecule has 0 atom stereocenters. The van der Waals surface area contributed by atoms with Gasteiger partial charge in [0.15, 0.2) is 5.96 Å². The molecule has 122 valence electrons. The first-order valence-electron chi connectivity index (χ1n) is 7.31. The highest BCUT2D eigenvalue weighted by Gasteiger charge is 2.01. The van der Waals surface area contributed by atoms with E-state index in [2.05, 4.69) is 20.6 Å². The fraction of sp³-hybridized carbons (Fsp3) is 0.294. The second-order valence-corrected chi connectivity index (χ2v) is 4.84. The first kappa shape index (κ1) is 16.6. The van der Waals surface area contributed by atoms with Crippen LogP contribution in [0.4, 0.5) is 0 Å². The molecule has 0 aliphatic rings. The lowest BCUT2D eigenvalue weighted by Crippen LogP contribution is -2.36. The summed E-state index contributed by atoms with van der Waals surface area (Å²) in [4.78, 5) is 8.39. The zero-order valence-electron chi connectivity index (χ0n) is 13.7. The van der Waals surface area contributed by atoms with Crippen molar-refractivity contribution in [2.24, 2.45) is 4.99 Å². The van der Waals surface area contributed by atoms with E-state index in [-0.39, 0.29) is 0 Å². The normalized spacial score (nSPS) is 11.0. The highest BCUT2D eigenvalue weighted by atomic mass is 16.5. The second kappa shape index (κ2) is 8.63. The Balaban J connectivity index is 1.85. The van der Waals surface area contributed by atoms with Crippen LogP contribution < -0.4 is 20.1 Å². The van der Waals surface area contributed by atoms with Gasteiger partial charge in [0, 0.05) is 32.4 Å². The van der Waals surface area contributed by atoms with Crippen LogP contribution in [0.25, 0.3) is 0 Å². The standard InChI is InChI=1S/C17H22N4O2/c1-18-17(20-10-13-5-4-6-15(9-13)22-2)21-12-14-7-8-16(23-3)19-11-14/h4-9,11H,10,12H2,1-3H3,(H2,18,20,21). The number of benzene rings is 1. The molecule has 0 fully saturated rings. The maximum Gasteiger partial charge on any atom is 0.212 e. The molecule has 6 heteroatoms. The Morgan fingerprint density at radius 2 is 1.83 bits per heavy atom. The number of nitrogens with one attached hydrogen (secondary N) is 2. The molecule has 2 rings (SSSR count). The van der Waals surface area contributed by atoms with Gasteiger partial charge in [-0.05, 0) is 23.3 Å². The van der Waals surface area contributed by atoms with E-state index in [4.69, 9.17) is 9.47 Å². The number of aliphatic imine (C=N–C) groups is 1. The summed E-state index contributed by atoms with van der Waals surface area (Å²) in [5.74, 6) is 2.18. The maximum atomic E-state index is 5.22. The molecular weight excluding hydrogens is 292 g/mol. The highest BCUT2D eigenvalue weighted by molar-refractivity contribution is 5.79. The van der Waals surface area contributed by atoms with Crippen molar-refractivity contribution in [1.82, 2.24) is 15.6 Å². The maximum absolute atomic E-state index is 5.22. The molecule has 1 aromatic heterocycles. The molecule has 0 bridgehead atoms. The van der Waals surface area contributed by atoms with Crippen LogP contribution in [0.5, 0.6) is 11.6 Å². The van der Waals surface area contributed by atoms with E-state index in [1.165, 1.54) is 0 Å². The molecule has 0 saturated carbocycles. The Hall–Kier alpha value is -2.76. The number of nitrogens with zero attached hydrogens (tertiary/aromatic N) is 2. The third kappa shape index (κ3) is 5.18. The largest absolute Gasteiger partial charge is 0.497 e. The van der Waals surface area contributed by atoms with Gasteiger partial charge in [0.2, 0.25) is 5.88 Å². The molecule has 2 aromatic rings. The summed E-state index contributed by atoms with van der Waals surface area (Å²) < 4.78 is 10.3. The Morgan fingerprint density at radius 3 is 2.43 bits per heavy atom. The first-order valence-corrected chi connectivity index (χ1v) is 7.31. The Morgan fingerprint density at radius 1 is 1.04 bits per heavy atom. The van der Waals surface area contributed by atoms with Gasteiger partial charge in [-0.15, -0.1) is 0 Å². The molecule has 0 amide bonds. The van der Waals surface area contributed by atoms with E-state index < -0.39 is 0 Å². The summed E-state index contributed by atoms with van der Waals surface area (Å²) in [7, 11) is 5.01. The lowest BCUT2D eigenvalue weighted by Gasteiger charge is -2.12. The van der Waals surface area contributed by atoms with E-state index in [0.29, 0.717) is 19.0 Å². The van der Waals surface area contributed by atoms with Crippen LogP contribution in [0, 0.1) is 0 Å². The van der Waals surface area contributed by atoms with Gasteiger partial charge in [-0.1, -0.05) is 18.2 Å². The number of ether oxygens (including phenoxy) is 2. The number of guanidine groups is 1. The predicted molar refractivity (Wildman–Crippen MR) is 90.8 cm³/mol. The summed E-state index contributed by atoms with van der Waals surface area (Å²) in [5.41, 5.74) is 2.17. The van der Waals surface area contributed by atoms with Crippen molar-refractivity contribution in [3.63, 3.8) is 0 Å². The minimum Gasteiger partial charge on any atom is -0.497 e. The molecule has 6 nitrogen and oxygen atoms in total. The van der Waals surface area contributed by atoms with E-state index in [1.54, 1.807) is 27.5 Å². The van der Waals surface area contributed by atoms with Crippen LogP contribution in [0.2, 0.25) is 0 Å². The molecule has 0 unspecified atom stereocenters. The topological polar surface area (TPSA) is 67.8 Å². The summed E-state index contributed by atoms with van der Waals surface area (Å²) in [6.45, 7) is 1.30. The van der Waals surface area contributed by atoms with Gasteiger partial charge < -0.3 is 20.1 Å². The number of methoxy groups -OCH3 is 2. The first-order chi connectivity index (χ1) is 11.2. The Bertz CT molecular complexity index is 641. The summed E-state index contributed by atoms with van der Waals surface area (Å²) >= 11 is 0. The molecule has 0 saturated heterocycles. The average Bonchev–Trinajstić information content (AvgIpc) is 2.62. The fourth-order valence-corrected chi connectivity index (χ4v) is 2.01. The molecular formula is C17H22N4O2. The van der Waals surface area contributed by atoms with Crippen molar-refractivity contribution in [3.8, 4) is 11.6 Å². The predicted octanol–water partition coefficient (Wildman–Crippen LogP) is 1.96. The van der Waals surface area contributed by atoms with Gasteiger partial charge >= 0.3 is 0 Å². The van der Waals surface area contributed by atoms with E-state index in [1.807, 2.05) is 36.4 Å². The minimum atomic E-state index is 0.606. The van der Waals surface area contributed by atoms with Crippen molar-refractivity contribution in [2.75, 3.05) is 21.3 Å². The number of hydrogen-bond donors (Lipinski definition) is 2. The van der Waals surface area contributed by atoms with Crippen molar-refractivity contribution in [2.45, 2.75) is 13.1 Å². The molecule has 0 aliphatic heterocycles. The molecule has 0 spiro atoms. The van der Waals surface area contributed by atoms with Crippen molar-refractivity contribution in [1.29, 1.82) is 0 Å². The van der Waals surface area contributed by atoms with Crippen LogP contribution in [0.3, 0.4) is 0 Å².